The summed E-state index contributed by atoms with van der Waals surface area (Å²) >= 11 is 6.24. The van der Waals surface area contributed by atoms with Crippen LogP contribution >= 0.6 is 11.6 Å². The minimum atomic E-state index is 0.770. The van der Waals surface area contributed by atoms with Crippen LogP contribution in [-0.2, 0) is 20.0 Å². The molecule has 0 fully saturated rings. The number of hydrogen-bond donors (Lipinski definition) is 1. The number of anilines is 1. The van der Waals surface area contributed by atoms with Crippen molar-refractivity contribution in [1.29, 1.82) is 0 Å². The normalized spacial score (nSPS) is 14.8. The number of aromatic amines is 1. The molecular weight excluding hydrogens is 272 g/mol. The molecule has 0 bridgehead atoms. The molecule has 0 saturated carbocycles. The lowest BCUT2D eigenvalue weighted by Gasteiger charge is -2.30. The highest BCUT2D eigenvalue weighted by molar-refractivity contribution is 6.31. The Bertz CT molecular complexity index is 786. The predicted molar refractivity (Wildman–Crippen MR) is 81.3 cm³/mol. The standard InChI is InChI=1S/C15H15ClN4/c1-19-14-3-5-20(9-10(14)8-18-19)15-7-11(16)6-13-12(15)2-4-17-13/h2,4,6-8,17H,3,5,9H2,1H3. The van der Waals surface area contributed by atoms with Gasteiger partial charge >= 0.3 is 0 Å². The Balaban J connectivity index is 1.79. The van der Waals surface area contributed by atoms with Crippen LogP contribution in [0.5, 0.6) is 0 Å². The molecule has 2 aromatic heterocycles. The van der Waals surface area contributed by atoms with Gasteiger partial charge in [0.25, 0.3) is 0 Å². The molecule has 4 rings (SSSR count). The number of H-pyrrole nitrogens is 1. The smallest absolute Gasteiger partial charge is 0.0542 e. The van der Waals surface area contributed by atoms with Crippen LogP contribution in [0.25, 0.3) is 10.9 Å². The van der Waals surface area contributed by atoms with Crippen LogP contribution in [-0.4, -0.2) is 21.3 Å². The van der Waals surface area contributed by atoms with Crippen LogP contribution in [0.3, 0.4) is 0 Å². The Morgan fingerprint density at radius 3 is 3.15 bits per heavy atom. The van der Waals surface area contributed by atoms with Gasteiger partial charge in [-0.25, -0.2) is 0 Å². The van der Waals surface area contributed by atoms with Gasteiger partial charge in [0, 0.05) is 65.6 Å². The van der Waals surface area contributed by atoms with Gasteiger partial charge in [-0.1, -0.05) is 11.6 Å². The van der Waals surface area contributed by atoms with Crippen molar-refractivity contribution in [2.24, 2.45) is 7.05 Å². The number of nitrogens with one attached hydrogen (secondary N) is 1. The Morgan fingerprint density at radius 2 is 2.25 bits per heavy atom. The van der Waals surface area contributed by atoms with Crippen LogP contribution < -0.4 is 4.90 Å². The maximum atomic E-state index is 6.24. The molecule has 1 aliphatic heterocycles. The summed E-state index contributed by atoms with van der Waals surface area (Å²) < 4.78 is 1.98. The Morgan fingerprint density at radius 1 is 1.35 bits per heavy atom. The first kappa shape index (κ1) is 11.9. The lowest BCUT2D eigenvalue weighted by atomic mass is 10.1. The first-order chi connectivity index (χ1) is 9.72. The highest BCUT2D eigenvalue weighted by Crippen LogP contribution is 2.33. The molecule has 0 atom stereocenters. The summed E-state index contributed by atoms with van der Waals surface area (Å²) in [6.07, 6.45) is 4.95. The quantitative estimate of drug-likeness (QED) is 0.746. The summed E-state index contributed by atoms with van der Waals surface area (Å²) in [5.74, 6) is 0. The number of rotatable bonds is 1. The largest absolute Gasteiger partial charge is 0.366 e. The van der Waals surface area contributed by atoms with E-state index in [0.29, 0.717) is 0 Å². The number of benzene rings is 1. The minimum absolute atomic E-state index is 0.770. The van der Waals surface area contributed by atoms with E-state index >= 15 is 0 Å². The third kappa shape index (κ3) is 1.72. The maximum absolute atomic E-state index is 6.24. The number of hydrogen-bond acceptors (Lipinski definition) is 2. The molecule has 1 N–H and O–H groups in total. The second-order valence-corrected chi connectivity index (χ2v) is 5.71. The van der Waals surface area contributed by atoms with Gasteiger partial charge in [0.05, 0.1) is 6.20 Å². The molecular formula is C15H15ClN4. The maximum Gasteiger partial charge on any atom is 0.0542 e. The third-order valence-corrected chi connectivity index (χ3v) is 4.30. The average Bonchev–Trinajstić information content (AvgIpc) is 3.04. The van der Waals surface area contributed by atoms with Crippen molar-refractivity contribution >= 4 is 28.2 Å². The fraction of sp³-hybridized carbons (Fsp3) is 0.267. The topological polar surface area (TPSA) is 36.9 Å². The molecule has 0 radical (unpaired) electrons. The van der Waals surface area contributed by atoms with Gasteiger partial charge in [-0.2, -0.15) is 5.10 Å². The van der Waals surface area contributed by atoms with E-state index in [-0.39, 0.29) is 0 Å². The van der Waals surface area contributed by atoms with Crippen LogP contribution in [0.1, 0.15) is 11.3 Å². The van der Waals surface area contributed by atoms with E-state index in [2.05, 4.69) is 27.1 Å². The van der Waals surface area contributed by atoms with Crippen molar-refractivity contribution in [2.75, 3.05) is 11.4 Å². The van der Waals surface area contributed by atoms with Gasteiger partial charge in [-0.05, 0) is 18.2 Å². The molecule has 102 valence electrons. The fourth-order valence-corrected chi connectivity index (χ4v) is 3.28. The van der Waals surface area contributed by atoms with E-state index in [4.69, 9.17) is 11.6 Å². The van der Waals surface area contributed by atoms with Crippen LogP contribution in [0.15, 0.2) is 30.6 Å². The van der Waals surface area contributed by atoms with E-state index in [0.717, 1.165) is 30.0 Å². The van der Waals surface area contributed by atoms with Crippen molar-refractivity contribution in [3.8, 4) is 0 Å². The summed E-state index contributed by atoms with van der Waals surface area (Å²) in [4.78, 5) is 5.62. The number of aromatic nitrogens is 3. The first-order valence-corrected chi connectivity index (χ1v) is 7.11. The highest BCUT2D eigenvalue weighted by Gasteiger charge is 2.21. The van der Waals surface area contributed by atoms with Crippen molar-refractivity contribution in [2.45, 2.75) is 13.0 Å². The molecule has 0 saturated heterocycles. The molecule has 0 spiro atoms. The molecule has 1 aliphatic rings. The fourth-order valence-electron chi connectivity index (χ4n) is 3.07. The molecule has 3 aromatic rings. The average molecular weight is 287 g/mol. The van der Waals surface area contributed by atoms with E-state index in [1.807, 2.05) is 30.2 Å². The first-order valence-electron chi connectivity index (χ1n) is 6.74. The van der Waals surface area contributed by atoms with Gasteiger partial charge in [0.1, 0.15) is 0 Å². The lowest BCUT2D eigenvalue weighted by molar-refractivity contribution is 0.657. The zero-order valence-corrected chi connectivity index (χ0v) is 12.0. The summed E-state index contributed by atoms with van der Waals surface area (Å²) in [6, 6.07) is 6.14. The lowest BCUT2D eigenvalue weighted by Crippen LogP contribution is -2.30. The molecule has 0 aliphatic carbocycles. The van der Waals surface area contributed by atoms with E-state index in [1.165, 1.54) is 22.3 Å². The molecule has 0 unspecified atom stereocenters. The van der Waals surface area contributed by atoms with Gasteiger partial charge < -0.3 is 9.88 Å². The Hall–Kier alpha value is -1.94. The van der Waals surface area contributed by atoms with Gasteiger partial charge in [-0.3, -0.25) is 4.68 Å². The number of aryl methyl sites for hydroxylation is 1. The van der Waals surface area contributed by atoms with E-state index in [1.54, 1.807) is 0 Å². The van der Waals surface area contributed by atoms with E-state index in [9.17, 15) is 0 Å². The Kier molecular flexibility index (Phi) is 2.54. The molecule has 20 heavy (non-hydrogen) atoms. The van der Waals surface area contributed by atoms with Crippen molar-refractivity contribution in [3.63, 3.8) is 0 Å². The molecule has 0 amide bonds. The summed E-state index contributed by atoms with van der Waals surface area (Å²) in [5.41, 5.74) is 4.93. The summed E-state index contributed by atoms with van der Waals surface area (Å²) in [6.45, 7) is 1.89. The van der Waals surface area contributed by atoms with Crippen molar-refractivity contribution in [1.82, 2.24) is 14.8 Å². The van der Waals surface area contributed by atoms with Gasteiger partial charge in [0.15, 0.2) is 0 Å². The van der Waals surface area contributed by atoms with Gasteiger partial charge in [0.2, 0.25) is 0 Å². The zero-order chi connectivity index (χ0) is 13.7. The van der Waals surface area contributed by atoms with Gasteiger partial charge in [-0.15, -0.1) is 0 Å². The van der Waals surface area contributed by atoms with Crippen LogP contribution in [0.4, 0.5) is 5.69 Å². The third-order valence-electron chi connectivity index (χ3n) is 4.08. The molecule has 5 heteroatoms. The van der Waals surface area contributed by atoms with Crippen molar-refractivity contribution in [3.05, 3.63) is 46.9 Å². The number of halogens is 1. The second-order valence-electron chi connectivity index (χ2n) is 5.28. The highest BCUT2D eigenvalue weighted by atomic mass is 35.5. The molecule has 3 heterocycles. The SMILES string of the molecule is Cn1ncc2c1CCN(c1cc(Cl)cc3[nH]ccc13)C2. The van der Waals surface area contributed by atoms with Crippen LogP contribution in [0.2, 0.25) is 5.02 Å². The second kappa shape index (κ2) is 4.28. The number of fused-ring (bicyclic) bond motifs is 2. The monoisotopic (exact) mass is 286 g/mol. The predicted octanol–water partition coefficient (Wildman–Crippen LogP) is 3.12. The van der Waals surface area contributed by atoms with E-state index < -0.39 is 0 Å². The van der Waals surface area contributed by atoms with Crippen LogP contribution in [0, 0.1) is 0 Å². The van der Waals surface area contributed by atoms with Crippen molar-refractivity contribution < 1.29 is 0 Å². The minimum Gasteiger partial charge on any atom is -0.366 e. The zero-order valence-electron chi connectivity index (χ0n) is 11.2. The summed E-state index contributed by atoms with van der Waals surface area (Å²) in [7, 11) is 2.01. The summed E-state index contributed by atoms with van der Waals surface area (Å²) in [5, 5.41) is 6.35. The molecule has 1 aromatic carbocycles. The molecule has 4 nitrogen and oxygen atoms in total. The Labute approximate surface area is 122 Å². The number of nitrogens with zero attached hydrogens (tertiary/aromatic N) is 3.